The maximum atomic E-state index is 4.89. The van der Waals surface area contributed by atoms with Crippen LogP contribution in [0.15, 0.2) is 12.4 Å². The fourth-order valence-electron chi connectivity index (χ4n) is 2.94. The molecule has 2 aromatic heterocycles. The molecule has 1 unspecified atom stereocenters. The maximum absolute atomic E-state index is 4.89. The Morgan fingerprint density at radius 1 is 1.50 bits per heavy atom. The first kappa shape index (κ1) is 13.8. The highest BCUT2D eigenvalue weighted by atomic mass is 32.1. The van der Waals surface area contributed by atoms with Gasteiger partial charge in [0, 0.05) is 29.2 Å². The minimum absolute atomic E-state index is 0.319. The summed E-state index contributed by atoms with van der Waals surface area (Å²) in [7, 11) is 2.05. The standard InChI is InChI=1S/C15H22N4S/c1-5-19-9-10(8-17-19)14-18-12-7-15(2,3)6-11(16-4)13(12)20-14/h8-9,11,16H,5-7H2,1-4H3. The molecule has 1 aliphatic carbocycles. The van der Waals surface area contributed by atoms with Crippen LogP contribution >= 0.6 is 11.3 Å². The minimum atomic E-state index is 0.319. The van der Waals surface area contributed by atoms with E-state index < -0.39 is 0 Å². The molecule has 0 aromatic carbocycles. The molecule has 3 rings (SSSR count). The number of aryl methyl sites for hydroxylation is 1. The molecule has 2 aromatic rings. The molecule has 0 saturated carbocycles. The maximum Gasteiger partial charge on any atom is 0.127 e. The summed E-state index contributed by atoms with van der Waals surface area (Å²) in [5, 5.41) is 8.90. The fourth-order valence-corrected chi connectivity index (χ4v) is 4.10. The first-order chi connectivity index (χ1) is 9.52. The van der Waals surface area contributed by atoms with Crippen molar-refractivity contribution in [3.63, 3.8) is 0 Å². The highest BCUT2D eigenvalue weighted by molar-refractivity contribution is 7.15. The minimum Gasteiger partial charge on any atom is -0.312 e. The second-order valence-electron chi connectivity index (χ2n) is 6.30. The van der Waals surface area contributed by atoms with Crippen molar-refractivity contribution in [2.75, 3.05) is 7.05 Å². The molecule has 5 heteroatoms. The van der Waals surface area contributed by atoms with Crippen LogP contribution in [0.5, 0.6) is 0 Å². The van der Waals surface area contributed by atoms with Crippen molar-refractivity contribution >= 4 is 11.3 Å². The molecule has 108 valence electrons. The zero-order chi connectivity index (χ0) is 14.3. The Hall–Kier alpha value is -1.20. The largest absolute Gasteiger partial charge is 0.312 e. The lowest BCUT2D eigenvalue weighted by molar-refractivity contribution is 0.265. The quantitative estimate of drug-likeness (QED) is 0.943. The third kappa shape index (κ3) is 2.40. The van der Waals surface area contributed by atoms with Crippen molar-refractivity contribution in [1.29, 1.82) is 0 Å². The monoisotopic (exact) mass is 290 g/mol. The summed E-state index contributed by atoms with van der Waals surface area (Å²) < 4.78 is 1.95. The van der Waals surface area contributed by atoms with E-state index in [0.29, 0.717) is 11.5 Å². The molecule has 20 heavy (non-hydrogen) atoms. The molecule has 0 radical (unpaired) electrons. The predicted molar refractivity (Wildman–Crippen MR) is 82.9 cm³/mol. The van der Waals surface area contributed by atoms with E-state index in [1.807, 2.05) is 29.3 Å². The molecular formula is C15H22N4S. The Morgan fingerprint density at radius 3 is 2.95 bits per heavy atom. The molecular weight excluding hydrogens is 268 g/mol. The van der Waals surface area contributed by atoms with Gasteiger partial charge in [-0.1, -0.05) is 13.8 Å². The summed E-state index contributed by atoms with van der Waals surface area (Å²) in [5.41, 5.74) is 2.73. The number of aromatic nitrogens is 3. The number of thiazole rings is 1. The van der Waals surface area contributed by atoms with E-state index in [9.17, 15) is 0 Å². The van der Waals surface area contributed by atoms with Crippen molar-refractivity contribution in [2.24, 2.45) is 5.41 Å². The number of hydrogen-bond acceptors (Lipinski definition) is 4. The summed E-state index contributed by atoms with van der Waals surface area (Å²) in [5.74, 6) is 0. The van der Waals surface area contributed by atoms with Crippen LogP contribution in [0.4, 0.5) is 0 Å². The van der Waals surface area contributed by atoms with Gasteiger partial charge in [-0.25, -0.2) is 4.98 Å². The highest BCUT2D eigenvalue weighted by Crippen LogP contribution is 2.44. The first-order valence-electron chi connectivity index (χ1n) is 7.22. The summed E-state index contributed by atoms with van der Waals surface area (Å²) in [6.45, 7) is 7.66. The van der Waals surface area contributed by atoms with Crippen molar-refractivity contribution < 1.29 is 0 Å². The van der Waals surface area contributed by atoms with Crippen LogP contribution in [0.3, 0.4) is 0 Å². The molecule has 2 heterocycles. The smallest absolute Gasteiger partial charge is 0.127 e. The van der Waals surface area contributed by atoms with Gasteiger partial charge in [0.15, 0.2) is 0 Å². The Labute approximate surface area is 124 Å². The first-order valence-corrected chi connectivity index (χ1v) is 8.04. The number of nitrogens with one attached hydrogen (secondary N) is 1. The van der Waals surface area contributed by atoms with Gasteiger partial charge in [-0.05, 0) is 32.2 Å². The molecule has 0 fully saturated rings. The lowest BCUT2D eigenvalue weighted by Gasteiger charge is -2.34. The predicted octanol–water partition coefficient (Wildman–Crippen LogP) is 3.26. The normalized spacial score (nSPS) is 20.9. The van der Waals surface area contributed by atoms with Crippen LogP contribution in [-0.2, 0) is 13.0 Å². The van der Waals surface area contributed by atoms with E-state index in [1.165, 1.54) is 17.0 Å². The van der Waals surface area contributed by atoms with Gasteiger partial charge in [0.05, 0.1) is 11.9 Å². The van der Waals surface area contributed by atoms with Crippen molar-refractivity contribution in [2.45, 2.75) is 46.2 Å². The summed E-state index contributed by atoms with van der Waals surface area (Å²) in [6.07, 6.45) is 6.25. The number of hydrogen-bond donors (Lipinski definition) is 1. The lowest BCUT2D eigenvalue weighted by atomic mass is 9.76. The van der Waals surface area contributed by atoms with Gasteiger partial charge in [-0.3, -0.25) is 4.68 Å². The van der Waals surface area contributed by atoms with Gasteiger partial charge in [0.2, 0.25) is 0 Å². The Kier molecular flexibility index (Phi) is 3.42. The average molecular weight is 290 g/mol. The Morgan fingerprint density at radius 2 is 2.30 bits per heavy atom. The lowest BCUT2D eigenvalue weighted by Crippen LogP contribution is -2.30. The van der Waals surface area contributed by atoms with E-state index in [4.69, 9.17) is 4.98 Å². The SMILES string of the molecule is CCn1cc(-c2nc3c(s2)C(NC)CC(C)(C)C3)cn1. The van der Waals surface area contributed by atoms with Crippen molar-refractivity contribution in [1.82, 2.24) is 20.1 Å². The second-order valence-corrected chi connectivity index (χ2v) is 7.33. The highest BCUT2D eigenvalue weighted by Gasteiger charge is 2.34. The third-order valence-electron chi connectivity index (χ3n) is 4.00. The molecule has 0 bridgehead atoms. The van der Waals surface area contributed by atoms with Crippen LogP contribution in [0.1, 0.15) is 43.8 Å². The van der Waals surface area contributed by atoms with E-state index >= 15 is 0 Å². The van der Waals surface area contributed by atoms with E-state index in [2.05, 4.69) is 37.4 Å². The van der Waals surface area contributed by atoms with E-state index in [-0.39, 0.29) is 0 Å². The molecule has 0 spiro atoms. The van der Waals surface area contributed by atoms with Gasteiger partial charge < -0.3 is 5.32 Å². The number of fused-ring (bicyclic) bond motifs is 1. The molecule has 0 saturated heterocycles. The summed E-state index contributed by atoms with van der Waals surface area (Å²) >= 11 is 1.82. The van der Waals surface area contributed by atoms with Crippen LogP contribution in [0, 0.1) is 5.41 Å². The fraction of sp³-hybridized carbons (Fsp3) is 0.600. The van der Waals surface area contributed by atoms with E-state index in [0.717, 1.165) is 23.5 Å². The van der Waals surface area contributed by atoms with Crippen molar-refractivity contribution in [3.8, 4) is 10.6 Å². The van der Waals surface area contributed by atoms with Gasteiger partial charge in [0.1, 0.15) is 5.01 Å². The Balaban J connectivity index is 1.99. The summed E-state index contributed by atoms with van der Waals surface area (Å²) in [4.78, 5) is 6.30. The van der Waals surface area contributed by atoms with Crippen LogP contribution < -0.4 is 5.32 Å². The zero-order valence-electron chi connectivity index (χ0n) is 12.6. The molecule has 1 aliphatic rings. The van der Waals surface area contributed by atoms with Crippen LogP contribution in [0.2, 0.25) is 0 Å². The topological polar surface area (TPSA) is 42.7 Å². The van der Waals surface area contributed by atoms with Crippen LogP contribution in [-0.4, -0.2) is 21.8 Å². The van der Waals surface area contributed by atoms with Gasteiger partial charge >= 0.3 is 0 Å². The van der Waals surface area contributed by atoms with Gasteiger partial charge in [0.25, 0.3) is 0 Å². The zero-order valence-corrected chi connectivity index (χ0v) is 13.4. The van der Waals surface area contributed by atoms with Crippen molar-refractivity contribution in [3.05, 3.63) is 23.0 Å². The van der Waals surface area contributed by atoms with Gasteiger partial charge in [-0.2, -0.15) is 5.10 Å². The Bertz CT molecular complexity index is 611. The number of nitrogens with zero attached hydrogens (tertiary/aromatic N) is 3. The van der Waals surface area contributed by atoms with Crippen LogP contribution in [0.25, 0.3) is 10.6 Å². The second kappa shape index (κ2) is 4.97. The molecule has 4 nitrogen and oxygen atoms in total. The average Bonchev–Trinajstić information content (AvgIpc) is 3.01. The van der Waals surface area contributed by atoms with E-state index in [1.54, 1.807) is 0 Å². The molecule has 0 aliphatic heterocycles. The third-order valence-corrected chi connectivity index (χ3v) is 5.26. The van der Waals surface area contributed by atoms with Gasteiger partial charge in [-0.15, -0.1) is 11.3 Å². The molecule has 0 amide bonds. The number of rotatable bonds is 3. The summed E-state index contributed by atoms with van der Waals surface area (Å²) in [6, 6.07) is 0.432. The molecule has 1 N–H and O–H groups in total. The molecule has 1 atom stereocenters.